The Hall–Kier alpha value is -2.57. The highest BCUT2D eigenvalue weighted by atomic mass is 15.5. The Morgan fingerprint density at radius 3 is 2.19 bits per heavy atom. The third-order valence-electron chi connectivity index (χ3n) is 5.02. The van der Waals surface area contributed by atoms with Gasteiger partial charge in [0, 0.05) is 32.7 Å². The van der Waals surface area contributed by atoms with Crippen LogP contribution in [-0.4, -0.2) is 56.2 Å². The molecule has 134 valence electrons. The summed E-state index contributed by atoms with van der Waals surface area (Å²) in [4.78, 5) is 4.96. The summed E-state index contributed by atoms with van der Waals surface area (Å²) in [6, 6.07) is 18.7. The first-order valence-electron chi connectivity index (χ1n) is 9.11. The minimum absolute atomic E-state index is 0.778. The van der Waals surface area contributed by atoms with E-state index in [-0.39, 0.29) is 0 Å². The predicted octanol–water partition coefficient (Wildman–Crippen LogP) is 2.29. The smallest absolute Gasteiger partial charge is 0.170 e. The fourth-order valence-corrected chi connectivity index (χ4v) is 3.41. The Morgan fingerprint density at radius 1 is 0.808 bits per heavy atom. The van der Waals surface area contributed by atoms with Crippen LogP contribution in [0.2, 0.25) is 0 Å². The maximum absolute atomic E-state index is 4.23. The molecule has 0 aliphatic carbocycles. The molecule has 1 aromatic heterocycles. The van der Waals surface area contributed by atoms with Gasteiger partial charge in [0.15, 0.2) is 5.82 Å². The van der Waals surface area contributed by atoms with Gasteiger partial charge in [-0.05, 0) is 40.6 Å². The summed E-state index contributed by atoms with van der Waals surface area (Å²) in [6.07, 6.45) is 0. The van der Waals surface area contributed by atoms with E-state index in [0.29, 0.717) is 0 Å². The van der Waals surface area contributed by atoms with Crippen molar-refractivity contribution in [2.24, 2.45) is 0 Å². The number of hydrogen-bond donors (Lipinski definition) is 0. The normalized spacial score (nSPS) is 16.0. The van der Waals surface area contributed by atoms with E-state index in [2.05, 4.69) is 56.5 Å². The molecule has 0 amide bonds. The number of aryl methyl sites for hydroxylation is 1. The van der Waals surface area contributed by atoms with E-state index < -0.39 is 0 Å². The van der Waals surface area contributed by atoms with Crippen molar-refractivity contribution < 1.29 is 0 Å². The van der Waals surface area contributed by atoms with E-state index >= 15 is 0 Å². The quantitative estimate of drug-likeness (QED) is 0.708. The number of rotatable bonds is 5. The third kappa shape index (κ3) is 3.81. The van der Waals surface area contributed by atoms with Gasteiger partial charge in [0.05, 0.1) is 12.2 Å². The van der Waals surface area contributed by atoms with Gasteiger partial charge in [-0.2, -0.15) is 4.68 Å². The molecule has 2 aromatic carbocycles. The van der Waals surface area contributed by atoms with Crippen LogP contribution in [0.25, 0.3) is 5.69 Å². The van der Waals surface area contributed by atoms with Crippen LogP contribution in [0.5, 0.6) is 0 Å². The number of benzene rings is 2. The van der Waals surface area contributed by atoms with Gasteiger partial charge in [-0.3, -0.25) is 9.80 Å². The fourth-order valence-electron chi connectivity index (χ4n) is 3.41. The van der Waals surface area contributed by atoms with Crippen LogP contribution in [0.4, 0.5) is 0 Å². The Labute approximate surface area is 154 Å². The first-order valence-corrected chi connectivity index (χ1v) is 9.11. The second kappa shape index (κ2) is 7.76. The maximum atomic E-state index is 4.23. The van der Waals surface area contributed by atoms with Crippen molar-refractivity contribution in [2.75, 3.05) is 26.2 Å². The zero-order valence-corrected chi connectivity index (χ0v) is 15.1. The lowest BCUT2D eigenvalue weighted by Gasteiger charge is -2.34. The minimum atomic E-state index is 0.778. The van der Waals surface area contributed by atoms with E-state index in [1.807, 2.05) is 35.0 Å². The maximum Gasteiger partial charge on any atom is 0.170 e. The summed E-state index contributed by atoms with van der Waals surface area (Å²) < 4.78 is 1.83. The van der Waals surface area contributed by atoms with Crippen molar-refractivity contribution in [3.63, 3.8) is 0 Å². The summed E-state index contributed by atoms with van der Waals surface area (Å²) in [5.74, 6) is 0.892. The van der Waals surface area contributed by atoms with Crippen LogP contribution in [-0.2, 0) is 13.1 Å². The van der Waals surface area contributed by atoms with E-state index in [0.717, 1.165) is 50.8 Å². The Bertz CT molecular complexity index is 836. The molecule has 1 saturated heterocycles. The molecule has 1 aliphatic rings. The van der Waals surface area contributed by atoms with Gasteiger partial charge in [0.2, 0.25) is 0 Å². The van der Waals surface area contributed by atoms with Gasteiger partial charge in [-0.15, -0.1) is 5.10 Å². The molecule has 0 N–H and O–H groups in total. The van der Waals surface area contributed by atoms with E-state index in [1.165, 1.54) is 11.1 Å². The average Bonchev–Trinajstić information content (AvgIpc) is 3.14. The number of piperazine rings is 1. The lowest BCUT2D eigenvalue weighted by atomic mass is 10.1. The molecule has 6 heteroatoms. The predicted molar refractivity (Wildman–Crippen MR) is 101 cm³/mol. The van der Waals surface area contributed by atoms with E-state index in [1.54, 1.807) is 0 Å². The Kier molecular flexibility index (Phi) is 5.04. The SMILES string of the molecule is Cc1ccccc1CN1CCN(Cc2nnnn2-c2ccccc2)CC1. The molecule has 4 rings (SSSR count). The zero-order valence-electron chi connectivity index (χ0n) is 15.1. The molecular weight excluding hydrogens is 324 g/mol. The lowest BCUT2D eigenvalue weighted by Crippen LogP contribution is -2.45. The average molecular weight is 348 g/mol. The number of hydrogen-bond acceptors (Lipinski definition) is 5. The summed E-state index contributed by atoms with van der Waals surface area (Å²) in [6.45, 7) is 8.21. The summed E-state index contributed by atoms with van der Waals surface area (Å²) in [5.41, 5.74) is 3.80. The Balaban J connectivity index is 1.35. The number of tetrazole rings is 1. The van der Waals surface area contributed by atoms with Crippen molar-refractivity contribution >= 4 is 0 Å². The molecule has 1 aliphatic heterocycles. The standard InChI is InChI=1S/C20H24N6/c1-17-7-5-6-8-18(17)15-24-11-13-25(14-12-24)16-20-21-22-23-26(20)19-9-3-2-4-10-19/h2-10H,11-16H2,1H3. The molecule has 0 radical (unpaired) electrons. The van der Waals surface area contributed by atoms with Gasteiger partial charge >= 0.3 is 0 Å². The van der Waals surface area contributed by atoms with Crippen molar-refractivity contribution in [3.05, 3.63) is 71.5 Å². The van der Waals surface area contributed by atoms with E-state index in [9.17, 15) is 0 Å². The molecule has 0 spiro atoms. The monoisotopic (exact) mass is 348 g/mol. The highest BCUT2D eigenvalue weighted by molar-refractivity contribution is 5.30. The largest absolute Gasteiger partial charge is 0.297 e. The molecule has 0 bridgehead atoms. The molecule has 0 unspecified atom stereocenters. The second-order valence-corrected chi connectivity index (χ2v) is 6.82. The summed E-state index contributed by atoms with van der Waals surface area (Å²) >= 11 is 0. The molecule has 26 heavy (non-hydrogen) atoms. The highest BCUT2D eigenvalue weighted by Gasteiger charge is 2.20. The van der Waals surface area contributed by atoms with Crippen LogP contribution in [0, 0.1) is 6.92 Å². The Morgan fingerprint density at radius 2 is 1.46 bits per heavy atom. The van der Waals surface area contributed by atoms with Gasteiger partial charge in [-0.25, -0.2) is 0 Å². The van der Waals surface area contributed by atoms with Crippen molar-refractivity contribution in [2.45, 2.75) is 20.0 Å². The van der Waals surface area contributed by atoms with Gasteiger partial charge < -0.3 is 0 Å². The summed E-state index contributed by atoms with van der Waals surface area (Å²) in [7, 11) is 0. The van der Waals surface area contributed by atoms with Crippen LogP contribution < -0.4 is 0 Å². The lowest BCUT2D eigenvalue weighted by molar-refractivity contribution is 0.119. The van der Waals surface area contributed by atoms with Gasteiger partial charge in [-0.1, -0.05) is 42.5 Å². The van der Waals surface area contributed by atoms with Crippen LogP contribution in [0.15, 0.2) is 54.6 Å². The molecule has 1 fully saturated rings. The number of aromatic nitrogens is 4. The molecular formula is C20H24N6. The van der Waals surface area contributed by atoms with Gasteiger partial charge in [0.25, 0.3) is 0 Å². The first kappa shape index (κ1) is 16.9. The molecule has 6 nitrogen and oxygen atoms in total. The number of nitrogens with zero attached hydrogens (tertiary/aromatic N) is 6. The molecule has 0 saturated carbocycles. The topological polar surface area (TPSA) is 50.1 Å². The van der Waals surface area contributed by atoms with Crippen LogP contribution >= 0.6 is 0 Å². The fraction of sp³-hybridized carbons (Fsp3) is 0.350. The summed E-state index contributed by atoms with van der Waals surface area (Å²) in [5, 5.41) is 12.3. The third-order valence-corrected chi connectivity index (χ3v) is 5.02. The van der Waals surface area contributed by atoms with Gasteiger partial charge in [0.1, 0.15) is 0 Å². The van der Waals surface area contributed by atoms with Crippen LogP contribution in [0.3, 0.4) is 0 Å². The van der Waals surface area contributed by atoms with Crippen molar-refractivity contribution in [3.8, 4) is 5.69 Å². The minimum Gasteiger partial charge on any atom is -0.297 e. The second-order valence-electron chi connectivity index (χ2n) is 6.82. The highest BCUT2D eigenvalue weighted by Crippen LogP contribution is 2.14. The zero-order chi connectivity index (χ0) is 17.8. The van der Waals surface area contributed by atoms with E-state index in [4.69, 9.17) is 0 Å². The van der Waals surface area contributed by atoms with Crippen molar-refractivity contribution in [1.82, 2.24) is 30.0 Å². The van der Waals surface area contributed by atoms with Crippen LogP contribution in [0.1, 0.15) is 17.0 Å². The first-order chi connectivity index (χ1) is 12.8. The molecule has 2 heterocycles. The molecule has 3 aromatic rings. The molecule has 0 atom stereocenters. The van der Waals surface area contributed by atoms with Crippen molar-refractivity contribution in [1.29, 1.82) is 0 Å². The number of para-hydroxylation sites is 1.